The molecule has 1 aliphatic heterocycles. The maximum atomic E-state index is 6.44. The van der Waals surface area contributed by atoms with Gasteiger partial charge in [-0.25, -0.2) is 0 Å². The van der Waals surface area contributed by atoms with Crippen molar-refractivity contribution in [3.8, 4) is 0 Å². The van der Waals surface area contributed by atoms with Gasteiger partial charge in [-0.3, -0.25) is 0 Å². The molecule has 0 bridgehead atoms. The Morgan fingerprint density at radius 3 is 2.57 bits per heavy atom. The summed E-state index contributed by atoms with van der Waals surface area (Å²) in [6, 6.07) is 6.26. The zero-order chi connectivity index (χ0) is 14.9. The van der Waals surface area contributed by atoms with E-state index in [0.29, 0.717) is 0 Å². The molecule has 2 rings (SSSR count). The number of anilines is 1. The van der Waals surface area contributed by atoms with E-state index in [4.69, 9.17) is 16.3 Å². The number of benzene rings is 1. The second-order valence-corrected chi connectivity index (χ2v) is 6.07. The van der Waals surface area contributed by atoms with Crippen molar-refractivity contribution in [2.45, 2.75) is 38.6 Å². The molecule has 0 saturated carbocycles. The van der Waals surface area contributed by atoms with E-state index in [-0.39, 0.29) is 0 Å². The molecule has 0 aromatic heterocycles. The van der Waals surface area contributed by atoms with Crippen LogP contribution in [0.5, 0.6) is 0 Å². The summed E-state index contributed by atoms with van der Waals surface area (Å²) < 4.78 is 5.08. The molecule has 1 aromatic rings. The minimum absolute atomic E-state index is 0.726. The largest absolute Gasteiger partial charge is 0.383 e. The first-order valence-corrected chi connectivity index (χ1v) is 8.42. The first-order chi connectivity index (χ1) is 10.3. The quantitative estimate of drug-likeness (QED) is 0.808. The predicted octanol–water partition coefficient (Wildman–Crippen LogP) is 3.85. The molecule has 118 valence electrons. The highest BCUT2D eigenvalue weighted by atomic mass is 35.5. The summed E-state index contributed by atoms with van der Waals surface area (Å²) in [5, 5.41) is 4.28. The summed E-state index contributed by atoms with van der Waals surface area (Å²) in [7, 11) is 1.73. The van der Waals surface area contributed by atoms with Crippen LogP contribution in [-0.4, -0.2) is 33.4 Å². The molecule has 0 aliphatic carbocycles. The van der Waals surface area contributed by atoms with Gasteiger partial charge in [-0.1, -0.05) is 36.9 Å². The van der Waals surface area contributed by atoms with Gasteiger partial charge in [-0.05, 0) is 25.0 Å². The molecule has 3 nitrogen and oxygen atoms in total. The summed E-state index contributed by atoms with van der Waals surface area (Å²) >= 11 is 6.44. The Hall–Kier alpha value is -0.770. The lowest BCUT2D eigenvalue weighted by Crippen LogP contribution is -2.29. The molecule has 1 saturated heterocycles. The highest BCUT2D eigenvalue weighted by molar-refractivity contribution is 6.31. The first kappa shape index (κ1) is 16.6. The van der Waals surface area contributed by atoms with Gasteiger partial charge in [-0.2, -0.15) is 0 Å². The topological polar surface area (TPSA) is 24.5 Å². The van der Waals surface area contributed by atoms with Gasteiger partial charge in [0.25, 0.3) is 0 Å². The molecule has 1 heterocycles. The van der Waals surface area contributed by atoms with Crippen molar-refractivity contribution in [3.05, 3.63) is 28.8 Å². The Morgan fingerprint density at radius 1 is 1.14 bits per heavy atom. The van der Waals surface area contributed by atoms with Crippen molar-refractivity contribution in [3.63, 3.8) is 0 Å². The second-order valence-electron chi connectivity index (χ2n) is 5.66. The highest BCUT2D eigenvalue weighted by Crippen LogP contribution is 2.29. The number of hydrogen-bond acceptors (Lipinski definition) is 3. The third kappa shape index (κ3) is 5.17. The van der Waals surface area contributed by atoms with Crippen molar-refractivity contribution in [2.24, 2.45) is 0 Å². The van der Waals surface area contributed by atoms with Crippen molar-refractivity contribution < 1.29 is 4.74 Å². The molecule has 0 spiro atoms. The summed E-state index contributed by atoms with van der Waals surface area (Å²) in [6.45, 7) is 4.66. The van der Waals surface area contributed by atoms with Gasteiger partial charge in [0.15, 0.2) is 0 Å². The van der Waals surface area contributed by atoms with Gasteiger partial charge in [0.1, 0.15) is 0 Å². The molecular formula is C17H27ClN2O. The Labute approximate surface area is 133 Å². The van der Waals surface area contributed by atoms with Crippen LogP contribution in [0.15, 0.2) is 18.2 Å². The van der Waals surface area contributed by atoms with Gasteiger partial charge in [0, 0.05) is 49.6 Å². The fraction of sp³-hybridized carbons (Fsp3) is 0.647. The second kappa shape index (κ2) is 9.29. The fourth-order valence-corrected chi connectivity index (χ4v) is 3.13. The van der Waals surface area contributed by atoms with Gasteiger partial charge < -0.3 is 15.0 Å². The van der Waals surface area contributed by atoms with Crippen LogP contribution in [0.3, 0.4) is 0 Å². The van der Waals surface area contributed by atoms with Crippen molar-refractivity contribution >= 4 is 17.3 Å². The normalized spacial score (nSPS) is 16.6. The van der Waals surface area contributed by atoms with E-state index < -0.39 is 0 Å². The number of nitrogens with one attached hydrogen (secondary N) is 1. The minimum atomic E-state index is 0.726. The molecule has 1 aromatic carbocycles. The summed E-state index contributed by atoms with van der Waals surface area (Å²) in [6.07, 6.45) is 6.64. The summed E-state index contributed by atoms with van der Waals surface area (Å²) in [5.41, 5.74) is 2.52. The lowest BCUT2D eigenvalue weighted by Gasteiger charge is -2.29. The molecule has 0 amide bonds. The number of halogens is 1. The van der Waals surface area contributed by atoms with Crippen LogP contribution >= 0.6 is 11.6 Å². The average molecular weight is 311 g/mol. The maximum Gasteiger partial charge on any atom is 0.0587 e. The van der Waals surface area contributed by atoms with Crippen LogP contribution in [0.2, 0.25) is 5.02 Å². The summed E-state index contributed by atoms with van der Waals surface area (Å²) in [4.78, 5) is 2.51. The maximum absolute atomic E-state index is 6.44. The fourth-order valence-electron chi connectivity index (χ4n) is 2.89. The third-order valence-electron chi connectivity index (χ3n) is 4.08. The average Bonchev–Trinajstić information content (AvgIpc) is 2.45. The van der Waals surface area contributed by atoms with Gasteiger partial charge in [0.2, 0.25) is 0 Å². The lowest BCUT2D eigenvalue weighted by molar-refractivity contribution is 0.199. The van der Waals surface area contributed by atoms with E-state index in [2.05, 4.69) is 22.3 Å². The van der Waals surface area contributed by atoms with Gasteiger partial charge in [0.05, 0.1) is 6.61 Å². The Morgan fingerprint density at radius 2 is 1.86 bits per heavy atom. The zero-order valence-electron chi connectivity index (χ0n) is 13.0. The highest BCUT2D eigenvalue weighted by Gasteiger charge is 2.14. The van der Waals surface area contributed by atoms with E-state index in [0.717, 1.165) is 37.8 Å². The molecular weight excluding hydrogens is 284 g/mol. The Balaban J connectivity index is 2.07. The minimum Gasteiger partial charge on any atom is -0.383 e. The van der Waals surface area contributed by atoms with Crippen molar-refractivity contribution in [2.75, 3.05) is 38.3 Å². The van der Waals surface area contributed by atoms with Crippen LogP contribution in [-0.2, 0) is 11.3 Å². The van der Waals surface area contributed by atoms with Gasteiger partial charge >= 0.3 is 0 Å². The molecule has 1 aliphatic rings. The van der Waals surface area contributed by atoms with E-state index >= 15 is 0 Å². The van der Waals surface area contributed by atoms with Crippen LogP contribution in [0.25, 0.3) is 0 Å². The molecule has 4 heteroatoms. The molecule has 1 fully saturated rings. The van der Waals surface area contributed by atoms with Crippen LogP contribution in [0.1, 0.15) is 37.7 Å². The number of methoxy groups -OCH3 is 1. The van der Waals surface area contributed by atoms with Crippen LogP contribution in [0.4, 0.5) is 5.69 Å². The van der Waals surface area contributed by atoms with Crippen molar-refractivity contribution in [1.29, 1.82) is 0 Å². The Kier molecular flexibility index (Phi) is 7.34. The van der Waals surface area contributed by atoms with E-state index in [9.17, 15) is 0 Å². The van der Waals surface area contributed by atoms with E-state index in [1.165, 1.54) is 43.4 Å². The molecule has 1 N–H and O–H groups in total. The zero-order valence-corrected chi connectivity index (χ0v) is 13.8. The van der Waals surface area contributed by atoms with Gasteiger partial charge in [-0.15, -0.1) is 0 Å². The number of nitrogens with zero attached hydrogens (tertiary/aromatic N) is 1. The monoisotopic (exact) mass is 310 g/mol. The smallest absolute Gasteiger partial charge is 0.0587 e. The Bertz CT molecular complexity index is 417. The molecule has 0 atom stereocenters. The SMILES string of the molecule is COCCNCc1c(Cl)cccc1N1CCCCCCC1. The van der Waals surface area contributed by atoms with Crippen molar-refractivity contribution in [1.82, 2.24) is 5.32 Å². The van der Waals surface area contributed by atoms with E-state index in [1.54, 1.807) is 7.11 Å². The third-order valence-corrected chi connectivity index (χ3v) is 4.43. The molecule has 21 heavy (non-hydrogen) atoms. The lowest BCUT2D eigenvalue weighted by atomic mass is 10.1. The standard InChI is InChI=1S/C17H27ClN2O/c1-21-13-10-19-14-15-16(18)8-7-9-17(15)20-11-5-3-2-4-6-12-20/h7-9,19H,2-6,10-14H2,1H3. The van der Waals surface area contributed by atoms with E-state index in [1.807, 2.05) is 6.07 Å². The number of ether oxygens (including phenoxy) is 1. The number of rotatable bonds is 6. The van der Waals surface area contributed by atoms with Crippen LogP contribution in [0, 0.1) is 0 Å². The predicted molar refractivity (Wildman–Crippen MR) is 90.3 cm³/mol. The molecule has 0 unspecified atom stereocenters. The first-order valence-electron chi connectivity index (χ1n) is 8.05. The van der Waals surface area contributed by atoms with Crippen LogP contribution < -0.4 is 10.2 Å². The number of hydrogen-bond donors (Lipinski definition) is 1. The summed E-state index contributed by atoms with van der Waals surface area (Å²) in [5.74, 6) is 0. The molecule has 0 radical (unpaired) electrons.